The van der Waals surface area contributed by atoms with E-state index in [1.165, 1.54) is 12.8 Å². The molecule has 1 amide bonds. The van der Waals surface area contributed by atoms with Crippen LogP contribution < -0.4 is 10.6 Å². The van der Waals surface area contributed by atoms with Crippen molar-refractivity contribution in [3.63, 3.8) is 0 Å². The molecule has 0 saturated carbocycles. The lowest BCUT2D eigenvalue weighted by Crippen LogP contribution is -2.53. The molecular formula is C14H27N3O2. The topological polar surface area (TPSA) is 53.6 Å². The Balaban J connectivity index is 1.92. The van der Waals surface area contributed by atoms with Gasteiger partial charge < -0.3 is 15.4 Å². The summed E-state index contributed by atoms with van der Waals surface area (Å²) in [6.45, 7) is 8.04. The monoisotopic (exact) mass is 269 g/mol. The lowest BCUT2D eigenvalue weighted by molar-refractivity contribution is -0.128. The molecule has 110 valence electrons. The van der Waals surface area contributed by atoms with Gasteiger partial charge in [-0.05, 0) is 33.6 Å². The zero-order valence-corrected chi connectivity index (χ0v) is 12.5. The summed E-state index contributed by atoms with van der Waals surface area (Å²) in [5.41, 5.74) is 0. The fourth-order valence-electron chi connectivity index (χ4n) is 3.46. The molecule has 0 aromatic heterocycles. The molecule has 5 heteroatoms. The number of rotatable bonds is 4. The van der Waals surface area contributed by atoms with E-state index in [0.29, 0.717) is 12.1 Å². The number of nitrogens with zero attached hydrogens (tertiary/aromatic N) is 1. The summed E-state index contributed by atoms with van der Waals surface area (Å²) >= 11 is 0. The van der Waals surface area contributed by atoms with Crippen molar-refractivity contribution < 1.29 is 9.53 Å². The first-order chi connectivity index (χ1) is 9.04. The smallest absolute Gasteiger partial charge is 0.237 e. The number of amides is 1. The Morgan fingerprint density at radius 1 is 1.32 bits per heavy atom. The minimum atomic E-state index is -0.0643. The third-order valence-electron chi connectivity index (χ3n) is 4.64. The van der Waals surface area contributed by atoms with Crippen LogP contribution in [0.3, 0.4) is 0 Å². The van der Waals surface area contributed by atoms with Gasteiger partial charge in [0.25, 0.3) is 0 Å². The van der Waals surface area contributed by atoms with Crippen molar-refractivity contribution in [3.05, 3.63) is 0 Å². The van der Waals surface area contributed by atoms with E-state index in [2.05, 4.69) is 29.4 Å². The highest BCUT2D eigenvalue weighted by molar-refractivity contribution is 5.81. The normalized spacial score (nSPS) is 37.5. The van der Waals surface area contributed by atoms with E-state index in [1.807, 2.05) is 6.92 Å². The maximum atomic E-state index is 12.4. The van der Waals surface area contributed by atoms with Crippen LogP contribution in [0, 0.1) is 0 Å². The summed E-state index contributed by atoms with van der Waals surface area (Å²) in [6.07, 6.45) is 2.46. The third kappa shape index (κ3) is 3.09. The predicted molar refractivity (Wildman–Crippen MR) is 75.1 cm³/mol. The number of ether oxygens (including phenoxy) is 1. The van der Waals surface area contributed by atoms with Gasteiger partial charge in [0, 0.05) is 32.3 Å². The van der Waals surface area contributed by atoms with Crippen LogP contribution in [0.25, 0.3) is 0 Å². The Hall–Kier alpha value is -0.650. The van der Waals surface area contributed by atoms with Gasteiger partial charge in [0.1, 0.15) is 0 Å². The van der Waals surface area contributed by atoms with Crippen LogP contribution in [0.4, 0.5) is 0 Å². The fraction of sp³-hybridized carbons (Fsp3) is 0.929. The highest BCUT2D eigenvalue weighted by Crippen LogP contribution is 2.26. The maximum Gasteiger partial charge on any atom is 0.237 e. The molecule has 2 aliphatic heterocycles. The van der Waals surface area contributed by atoms with Crippen molar-refractivity contribution in [2.45, 2.75) is 63.9 Å². The number of likely N-dealkylation sites (tertiary alicyclic amines) is 1. The van der Waals surface area contributed by atoms with Crippen LogP contribution >= 0.6 is 0 Å². The van der Waals surface area contributed by atoms with Crippen molar-refractivity contribution in [1.29, 1.82) is 0 Å². The summed E-state index contributed by atoms with van der Waals surface area (Å²) in [5, 5.41) is 6.38. The van der Waals surface area contributed by atoms with Gasteiger partial charge in [0.2, 0.25) is 5.91 Å². The summed E-state index contributed by atoms with van der Waals surface area (Å²) < 4.78 is 5.38. The molecular weight excluding hydrogens is 242 g/mol. The maximum absolute atomic E-state index is 12.4. The zero-order chi connectivity index (χ0) is 14.0. The van der Waals surface area contributed by atoms with Gasteiger partial charge in [-0.3, -0.25) is 9.69 Å². The van der Waals surface area contributed by atoms with E-state index in [1.54, 1.807) is 7.11 Å². The molecule has 2 N–H and O–H groups in total. The Kier molecular flexibility index (Phi) is 4.81. The first-order valence-corrected chi connectivity index (χ1v) is 7.36. The molecule has 0 bridgehead atoms. The second-order valence-corrected chi connectivity index (χ2v) is 5.95. The van der Waals surface area contributed by atoms with Crippen LogP contribution in [0.5, 0.6) is 0 Å². The van der Waals surface area contributed by atoms with Gasteiger partial charge in [-0.1, -0.05) is 0 Å². The average molecular weight is 269 g/mol. The van der Waals surface area contributed by atoms with E-state index in [9.17, 15) is 4.79 Å². The first-order valence-electron chi connectivity index (χ1n) is 7.36. The molecule has 0 radical (unpaired) electrons. The van der Waals surface area contributed by atoms with Crippen LogP contribution in [0.2, 0.25) is 0 Å². The predicted octanol–water partition coefficient (Wildman–Crippen LogP) is 0.351. The van der Waals surface area contributed by atoms with Crippen molar-refractivity contribution in [2.24, 2.45) is 0 Å². The van der Waals surface area contributed by atoms with E-state index >= 15 is 0 Å². The third-order valence-corrected chi connectivity index (χ3v) is 4.64. The van der Waals surface area contributed by atoms with Gasteiger partial charge in [0.05, 0.1) is 18.2 Å². The molecule has 2 rings (SSSR count). The summed E-state index contributed by atoms with van der Waals surface area (Å²) in [6, 6.07) is 1.02. The lowest BCUT2D eigenvalue weighted by Gasteiger charge is -2.32. The first kappa shape index (κ1) is 14.8. The summed E-state index contributed by atoms with van der Waals surface area (Å²) in [5.74, 6) is 0.122. The number of nitrogens with one attached hydrogen (secondary N) is 2. The molecule has 0 aliphatic carbocycles. The highest BCUT2D eigenvalue weighted by atomic mass is 16.5. The van der Waals surface area contributed by atoms with E-state index < -0.39 is 0 Å². The van der Waals surface area contributed by atoms with Gasteiger partial charge in [-0.2, -0.15) is 0 Å². The van der Waals surface area contributed by atoms with Crippen molar-refractivity contribution in [1.82, 2.24) is 15.5 Å². The number of hydrogen-bond acceptors (Lipinski definition) is 4. The Morgan fingerprint density at radius 3 is 2.53 bits per heavy atom. The molecule has 2 fully saturated rings. The second-order valence-electron chi connectivity index (χ2n) is 5.95. The zero-order valence-electron chi connectivity index (χ0n) is 12.5. The highest BCUT2D eigenvalue weighted by Gasteiger charge is 2.36. The quantitative estimate of drug-likeness (QED) is 0.773. The standard InChI is InChI=1S/C14H27N3O2/c1-9-5-6-10(2)17(9)11(3)14(18)16-12-7-15-8-13(12)19-4/h9-13,15H,5-8H2,1-4H3,(H,16,18)/t9?,10?,11?,12?,13-/m0/s1. The number of hydrogen-bond donors (Lipinski definition) is 2. The largest absolute Gasteiger partial charge is 0.378 e. The number of carbonyl (C=O) groups is 1. The van der Waals surface area contributed by atoms with Crippen molar-refractivity contribution >= 4 is 5.91 Å². The lowest BCUT2D eigenvalue weighted by atomic mass is 10.1. The van der Waals surface area contributed by atoms with Gasteiger partial charge in [0.15, 0.2) is 0 Å². The van der Waals surface area contributed by atoms with Crippen LogP contribution in [0.1, 0.15) is 33.6 Å². The molecule has 0 aromatic rings. The fourth-order valence-corrected chi connectivity index (χ4v) is 3.46. The molecule has 0 aromatic carbocycles. The van der Waals surface area contributed by atoms with Crippen molar-refractivity contribution in [2.75, 3.05) is 20.2 Å². The second kappa shape index (κ2) is 6.20. The average Bonchev–Trinajstić information content (AvgIpc) is 2.95. The summed E-state index contributed by atoms with van der Waals surface area (Å²) in [7, 11) is 1.70. The van der Waals surface area contributed by atoms with Crippen LogP contribution in [0.15, 0.2) is 0 Å². The molecule has 4 unspecified atom stereocenters. The molecule has 5 atom stereocenters. The van der Waals surface area contributed by atoms with Gasteiger partial charge >= 0.3 is 0 Å². The van der Waals surface area contributed by atoms with Crippen LogP contribution in [-0.2, 0) is 9.53 Å². The summed E-state index contributed by atoms with van der Waals surface area (Å²) in [4.78, 5) is 14.7. The van der Waals surface area contributed by atoms with E-state index in [4.69, 9.17) is 4.74 Å². The minimum Gasteiger partial charge on any atom is -0.378 e. The minimum absolute atomic E-state index is 0.0643. The number of methoxy groups -OCH3 is 1. The molecule has 2 aliphatic rings. The number of carbonyl (C=O) groups excluding carboxylic acids is 1. The van der Waals surface area contributed by atoms with E-state index in [0.717, 1.165) is 13.1 Å². The van der Waals surface area contributed by atoms with Crippen LogP contribution in [-0.4, -0.2) is 61.3 Å². The molecule has 0 spiro atoms. The Bertz CT molecular complexity index is 314. The van der Waals surface area contributed by atoms with Gasteiger partial charge in [-0.15, -0.1) is 0 Å². The molecule has 2 heterocycles. The molecule has 2 saturated heterocycles. The molecule has 19 heavy (non-hydrogen) atoms. The Morgan fingerprint density at radius 2 is 1.95 bits per heavy atom. The SMILES string of the molecule is CO[C@H]1CNCC1NC(=O)C(C)N1C(C)CCC1C. The molecule has 5 nitrogen and oxygen atoms in total. The van der Waals surface area contributed by atoms with Crippen molar-refractivity contribution in [3.8, 4) is 0 Å². The van der Waals surface area contributed by atoms with Gasteiger partial charge in [-0.25, -0.2) is 0 Å². The van der Waals surface area contributed by atoms with E-state index in [-0.39, 0.29) is 24.1 Å². The Labute approximate surface area is 116 Å².